The highest BCUT2D eigenvalue weighted by molar-refractivity contribution is 7.78. The highest BCUT2D eigenvalue weighted by Crippen LogP contribution is 2.13. The predicted octanol–water partition coefficient (Wildman–Crippen LogP) is 5.06. The van der Waals surface area contributed by atoms with Gasteiger partial charge in [0, 0.05) is 13.0 Å². The van der Waals surface area contributed by atoms with Gasteiger partial charge in [-0.1, -0.05) is 83.4 Å². The number of nitrogens with one attached hydrogen (secondary N) is 1. The Morgan fingerprint density at radius 2 is 1.14 bits per heavy atom. The van der Waals surface area contributed by atoms with E-state index in [9.17, 15) is 4.79 Å². The summed E-state index contributed by atoms with van der Waals surface area (Å²) in [5, 5.41) is 0. The summed E-state index contributed by atoms with van der Waals surface area (Å²) in [6, 6.07) is 0. The lowest BCUT2D eigenvalue weighted by atomic mass is 10.0. The Labute approximate surface area is 137 Å². The lowest BCUT2D eigenvalue weighted by Crippen LogP contribution is -1.99. The Hall–Kier alpha value is -0.220. The van der Waals surface area contributed by atoms with Gasteiger partial charge in [-0.05, 0) is 12.8 Å². The number of methoxy groups -OCH3 is 1. The number of hydrogen-bond donors (Lipinski definition) is 2. The molecule has 0 aliphatic heterocycles. The van der Waals surface area contributed by atoms with Gasteiger partial charge in [0.2, 0.25) is 0 Å². The number of thiol groups is 1. The van der Waals surface area contributed by atoms with E-state index in [0.29, 0.717) is 6.42 Å². The Kier molecular flexibility index (Phi) is 17.6. The standard InChI is InChI=1S/C17H35NO2S/c1-20-17(19)15-13-11-9-7-5-3-2-4-6-8-10-12-14-16-18-21/h18,21H,2-16H2,1H3. The number of carbonyl (C=O) groups excluding carboxylic acids is 1. The number of rotatable bonds is 16. The molecule has 126 valence electrons. The van der Waals surface area contributed by atoms with Gasteiger partial charge in [-0.2, -0.15) is 0 Å². The van der Waals surface area contributed by atoms with E-state index < -0.39 is 0 Å². The van der Waals surface area contributed by atoms with E-state index in [0.717, 1.165) is 19.4 Å². The average molecular weight is 318 g/mol. The summed E-state index contributed by atoms with van der Waals surface area (Å²) in [5.41, 5.74) is 0. The van der Waals surface area contributed by atoms with Gasteiger partial charge < -0.3 is 4.74 Å². The van der Waals surface area contributed by atoms with Crippen LogP contribution in [0.5, 0.6) is 0 Å². The summed E-state index contributed by atoms with van der Waals surface area (Å²) in [5.74, 6) is -0.0723. The van der Waals surface area contributed by atoms with Crippen LogP contribution in [0, 0.1) is 0 Å². The molecule has 0 bridgehead atoms. The SMILES string of the molecule is COC(=O)CCCCCCCCCCCCCCCNS. The summed E-state index contributed by atoms with van der Waals surface area (Å²) in [4.78, 5) is 10.9. The minimum Gasteiger partial charge on any atom is -0.469 e. The van der Waals surface area contributed by atoms with Crippen molar-refractivity contribution in [3.8, 4) is 0 Å². The molecule has 1 N–H and O–H groups in total. The van der Waals surface area contributed by atoms with E-state index >= 15 is 0 Å². The van der Waals surface area contributed by atoms with Gasteiger partial charge in [-0.3, -0.25) is 9.52 Å². The quantitative estimate of drug-likeness (QED) is 0.237. The summed E-state index contributed by atoms with van der Waals surface area (Å²) in [7, 11) is 1.46. The number of esters is 1. The van der Waals surface area contributed by atoms with E-state index in [1.807, 2.05) is 0 Å². The van der Waals surface area contributed by atoms with Crippen molar-refractivity contribution in [1.82, 2.24) is 4.72 Å². The highest BCUT2D eigenvalue weighted by Gasteiger charge is 1.99. The van der Waals surface area contributed by atoms with Crippen molar-refractivity contribution in [2.75, 3.05) is 13.7 Å². The van der Waals surface area contributed by atoms with Crippen LogP contribution in [0.25, 0.3) is 0 Å². The Morgan fingerprint density at radius 3 is 1.52 bits per heavy atom. The molecule has 0 aliphatic rings. The van der Waals surface area contributed by atoms with Crippen LogP contribution in [0.4, 0.5) is 0 Å². The normalized spacial score (nSPS) is 10.8. The lowest BCUT2D eigenvalue weighted by Gasteiger charge is -2.03. The zero-order valence-electron chi connectivity index (χ0n) is 13.9. The second-order valence-electron chi connectivity index (χ2n) is 5.83. The third-order valence-corrected chi connectivity index (χ3v) is 4.12. The molecule has 0 amide bonds. The first-order valence-electron chi connectivity index (χ1n) is 8.75. The van der Waals surface area contributed by atoms with Crippen LogP contribution >= 0.6 is 12.8 Å². The second-order valence-corrected chi connectivity index (χ2v) is 6.15. The predicted molar refractivity (Wildman–Crippen MR) is 93.6 cm³/mol. The average Bonchev–Trinajstić information content (AvgIpc) is 2.50. The third-order valence-electron chi connectivity index (χ3n) is 3.90. The van der Waals surface area contributed by atoms with Gasteiger partial charge in [0.05, 0.1) is 7.11 Å². The van der Waals surface area contributed by atoms with E-state index in [1.165, 1.54) is 77.7 Å². The van der Waals surface area contributed by atoms with Gasteiger partial charge in [0.1, 0.15) is 0 Å². The Morgan fingerprint density at radius 1 is 0.762 bits per heavy atom. The maximum Gasteiger partial charge on any atom is 0.305 e. The first-order valence-corrected chi connectivity index (χ1v) is 9.19. The molecule has 0 saturated heterocycles. The van der Waals surface area contributed by atoms with Crippen LogP contribution in [0.2, 0.25) is 0 Å². The highest BCUT2D eigenvalue weighted by atomic mass is 32.1. The van der Waals surface area contributed by atoms with Crippen molar-refractivity contribution in [2.45, 2.75) is 89.9 Å². The maximum atomic E-state index is 10.9. The number of unbranched alkanes of at least 4 members (excludes halogenated alkanes) is 12. The fourth-order valence-corrected chi connectivity index (χ4v) is 2.68. The van der Waals surface area contributed by atoms with Crippen molar-refractivity contribution in [3.05, 3.63) is 0 Å². The molecule has 0 unspecified atom stereocenters. The second kappa shape index (κ2) is 17.8. The molecule has 21 heavy (non-hydrogen) atoms. The minimum atomic E-state index is -0.0723. The molecule has 4 heteroatoms. The van der Waals surface area contributed by atoms with Gasteiger partial charge in [0.15, 0.2) is 0 Å². The van der Waals surface area contributed by atoms with Crippen LogP contribution in [0.3, 0.4) is 0 Å². The first kappa shape index (κ1) is 20.8. The van der Waals surface area contributed by atoms with Gasteiger partial charge in [0.25, 0.3) is 0 Å². The van der Waals surface area contributed by atoms with E-state index in [1.54, 1.807) is 0 Å². The van der Waals surface area contributed by atoms with Crippen LogP contribution in [-0.2, 0) is 9.53 Å². The number of hydrogen-bond acceptors (Lipinski definition) is 4. The zero-order valence-corrected chi connectivity index (χ0v) is 14.8. The molecule has 0 heterocycles. The molecule has 3 nitrogen and oxygen atoms in total. The zero-order chi connectivity index (χ0) is 15.6. The molecule has 0 aromatic carbocycles. The Balaban J connectivity index is 2.98. The number of ether oxygens (including phenoxy) is 1. The molecule has 0 atom stereocenters. The molecule has 0 aromatic heterocycles. The maximum absolute atomic E-state index is 10.9. The third kappa shape index (κ3) is 17.7. The smallest absolute Gasteiger partial charge is 0.305 e. The van der Waals surface area contributed by atoms with Gasteiger partial charge >= 0.3 is 5.97 Å². The summed E-state index contributed by atoms with van der Waals surface area (Å²) < 4.78 is 7.51. The monoisotopic (exact) mass is 317 g/mol. The molecule has 0 rings (SSSR count). The van der Waals surface area contributed by atoms with Crippen molar-refractivity contribution in [1.29, 1.82) is 0 Å². The van der Waals surface area contributed by atoms with Crippen LogP contribution in [-0.4, -0.2) is 19.6 Å². The molecule has 0 fully saturated rings. The summed E-state index contributed by atoms with van der Waals surface area (Å²) >= 11 is 3.98. The summed E-state index contributed by atoms with van der Waals surface area (Å²) in [6.07, 6.45) is 17.6. The first-order chi connectivity index (χ1) is 10.3. The van der Waals surface area contributed by atoms with Crippen molar-refractivity contribution in [3.63, 3.8) is 0 Å². The van der Waals surface area contributed by atoms with Crippen molar-refractivity contribution < 1.29 is 9.53 Å². The van der Waals surface area contributed by atoms with Gasteiger partial charge in [-0.25, -0.2) is 0 Å². The van der Waals surface area contributed by atoms with E-state index in [-0.39, 0.29) is 5.97 Å². The van der Waals surface area contributed by atoms with E-state index in [4.69, 9.17) is 0 Å². The lowest BCUT2D eigenvalue weighted by molar-refractivity contribution is -0.140. The molecule has 0 spiro atoms. The fourth-order valence-electron chi connectivity index (χ4n) is 2.52. The van der Waals surface area contributed by atoms with E-state index in [2.05, 4.69) is 22.3 Å². The molecular weight excluding hydrogens is 282 g/mol. The topological polar surface area (TPSA) is 38.3 Å². The van der Waals surface area contributed by atoms with Crippen molar-refractivity contribution >= 4 is 18.8 Å². The largest absolute Gasteiger partial charge is 0.469 e. The van der Waals surface area contributed by atoms with Gasteiger partial charge in [-0.15, -0.1) is 0 Å². The molecule has 0 saturated carbocycles. The van der Waals surface area contributed by atoms with Crippen LogP contribution in [0.15, 0.2) is 0 Å². The number of carbonyl (C=O) groups is 1. The van der Waals surface area contributed by atoms with Crippen molar-refractivity contribution in [2.24, 2.45) is 0 Å². The molecule has 0 aromatic rings. The fraction of sp³-hybridized carbons (Fsp3) is 0.941. The summed E-state index contributed by atoms with van der Waals surface area (Å²) in [6.45, 7) is 1.03. The minimum absolute atomic E-state index is 0.0723. The van der Waals surface area contributed by atoms with Crippen LogP contribution in [0.1, 0.15) is 89.9 Å². The molecule has 0 aliphatic carbocycles. The van der Waals surface area contributed by atoms with Crippen LogP contribution < -0.4 is 4.72 Å². The Bertz CT molecular complexity index is 225. The molecular formula is C17H35NO2S. The molecule has 0 radical (unpaired) electrons.